The van der Waals surface area contributed by atoms with Crippen molar-refractivity contribution in [2.24, 2.45) is 0 Å². The van der Waals surface area contributed by atoms with Gasteiger partial charge in [0.2, 0.25) is 5.91 Å². The van der Waals surface area contributed by atoms with Gasteiger partial charge in [0.25, 0.3) is 11.8 Å². The predicted molar refractivity (Wildman–Crippen MR) is 94.2 cm³/mol. The summed E-state index contributed by atoms with van der Waals surface area (Å²) < 4.78 is 0. The molecule has 2 aromatic rings. The Bertz CT molecular complexity index is 767. The van der Waals surface area contributed by atoms with Crippen LogP contribution in [0.25, 0.3) is 0 Å². The molecule has 5 heteroatoms. The highest BCUT2D eigenvalue weighted by atomic mass is 16.2. The van der Waals surface area contributed by atoms with Crippen molar-refractivity contribution in [3.05, 3.63) is 71.3 Å². The van der Waals surface area contributed by atoms with E-state index in [9.17, 15) is 14.4 Å². The zero-order valence-corrected chi connectivity index (χ0v) is 14.1. The van der Waals surface area contributed by atoms with Crippen LogP contribution in [0.1, 0.15) is 39.6 Å². The first-order valence-corrected chi connectivity index (χ1v) is 8.38. The summed E-state index contributed by atoms with van der Waals surface area (Å²) in [6, 6.07) is 15.8. The van der Waals surface area contributed by atoms with Gasteiger partial charge in [-0.25, -0.2) is 0 Å². The lowest BCUT2D eigenvalue weighted by molar-refractivity contribution is -0.124. The molecule has 1 heterocycles. The second kappa shape index (κ2) is 7.30. The molecule has 0 aromatic heterocycles. The summed E-state index contributed by atoms with van der Waals surface area (Å²) >= 11 is 0. The van der Waals surface area contributed by atoms with Gasteiger partial charge in [-0.1, -0.05) is 42.5 Å². The summed E-state index contributed by atoms with van der Waals surface area (Å²) in [5.41, 5.74) is 1.93. The first kappa shape index (κ1) is 16.9. The largest absolute Gasteiger partial charge is 0.354 e. The minimum Gasteiger partial charge on any atom is -0.354 e. The Morgan fingerprint density at radius 3 is 2.12 bits per heavy atom. The van der Waals surface area contributed by atoms with Crippen molar-refractivity contribution in [3.63, 3.8) is 0 Å². The van der Waals surface area contributed by atoms with Crippen LogP contribution in [0, 0.1) is 0 Å². The summed E-state index contributed by atoms with van der Waals surface area (Å²) in [4.78, 5) is 38.2. The monoisotopic (exact) mass is 336 g/mol. The van der Waals surface area contributed by atoms with Crippen molar-refractivity contribution in [3.8, 4) is 0 Å². The maximum absolute atomic E-state index is 12.4. The average Bonchev–Trinajstić information content (AvgIpc) is 2.90. The van der Waals surface area contributed by atoms with Crippen molar-refractivity contribution in [1.29, 1.82) is 0 Å². The highest BCUT2D eigenvalue weighted by molar-refractivity contribution is 6.22. The summed E-state index contributed by atoms with van der Waals surface area (Å²) in [6.07, 6.45) is 1.66. The minimum absolute atomic E-state index is 0.317. The Hall–Kier alpha value is -2.95. The number of carbonyl (C=O) groups is 3. The van der Waals surface area contributed by atoms with E-state index in [0.717, 1.165) is 17.7 Å². The topological polar surface area (TPSA) is 66.5 Å². The summed E-state index contributed by atoms with van der Waals surface area (Å²) in [5.74, 6) is -1.14. The number of amides is 3. The van der Waals surface area contributed by atoms with Gasteiger partial charge >= 0.3 is 0 Å². The van der Waals surface area contributed by atoms with Crippen molar-refractivity contribution in [2.75, 3.05) is 6.54 Å². The molecule has 0 fully saturated rings. The molecule has 25 heavy (non-hydrogen) atoms. The molecule has 128 valence electrons. The first-order valence-electron chi connectivity index (χ1n) is 8.38. The number of nitrogens with zero attached hydrogens (tertiary/aromatic N) is 1. The lowest BCUT2D eigenvalue weighted by Gasteiger charge is -2.21. The highest BCUT2D eigenvalue weighted by Gasteiger charge is 2.40. The molecule has 1 N–H and O–H groups in total. The van der Waals surface area contributed by atoms with Gasteiger partial charge in [0.05, 0.1) is 11.1 Å². The lowest BCUT2D eigenvalue weighted by Crippen LogP contribution is -2.48. The van der Waals surface area contributed by atoms with Crippen LogP contribution in [0.2, 0.25) is 0 Å². The van der Waals surface area contributed by atoms with Crippen LogP contribution in [0.5, 0.6) is 0 Å². The number of imide groups is 1. The first-order chi connectivity index (χ1) is 12.1. The lowest BCUT2D eigenvalue weighted by atomic mass is 10.1. The predicted octanol–water partition coefficient (Wildman–Crippen LogP) is 2.42. The zero-order valence-electron chi connectivity index (χ0n) is 14.1. The van der Waals surface area contributed by atoms with Gasteiger partial charge in [-0.15, -0.1) is 0 Å². The molecule has 1 unspecified atom stereocenters. The van der Waals surface area contributed by atoms with Gasteiger partial charge < -0.3 is 5.32 Å². The fourth-order valence-corrected chi connectivity index (χ4v) is 2.97. The van der Waals surface area contributed by atoms with Gasteiger partial charge in [0, 0.05) is 6.54 Å². The molecule has 1 aliphatic heterocycles. The Morgan fingerprint density at radius 2 is 1.52 bits per heavy atom. The summed E-state index contributed by atoms with van der Waals surface area (Å²) in [7, 11) is 0. The van der Waals surface area contributed by atoms with Crippen LogP contribution in [0.4, 0.5) is 0 Å². The molecule has 1 atom stereocenters. The van der Waals surface area contributed by atoms with Gasteiger partial charge in [-0.2, -0.15) is 0 Å². The molecule has 0 bridgehead atoms. The zero-order chi connectivity index (χ0) is 17.8. The van der Waals surface area contributed by atoms with Gasteiger partial charge in [0.15, 0.2) is 0 Å². The summed E-state index contributed by atoms with van der Waals surface area (Å²) in [5, 5.41) is 2.81. The highest BCUT2D eigenvalue weighted by Crippen LogP contribution is 2.24. The van der Waals surface area contributed by atoms with E-state index in [1.807, 2.05) is 30.3 Å². The van der Waals surface area contributed by atoms with Crippen molar-refractivity contribution >= 4 is 17.7 Å². The van der Waals surface area contributed by atoms with E-state index in [-0.39, 0.29) is 5.91 Å². The third kappa shape index (κ3) is 3.45. The SMILES string of the molecule is CC(C(=O)NCCCc1ccccc1)N1C(=O)c2ccccc2C1=O. The normalized spacial score (nSPS) is 14.4. The van der Waals surface area contributed by atoms with Crippen molar-refractivity contribution in [2.45, 2.75) is 25.8 Å². The number of fused-ring (bicyclic) bond motifs is 1. The maximum atomic E-state index is 12.4. The molecular formula is C20H20N2O3. The standard InChI is InChI=1S/C20H20N2O3/c1-14(18(23)21-13-7-10-15-8-3-2-4-9-15)22-19(24)16-11-5-6-12-17(16)20(22)25/h2-6,8-9,11-12,14H,7,10,13H2,1H3,(H,21,23). The van der Waals surface area contributed by atoms with Gasteiger partial charge in [-0.05, 0) is 37.5 Å². The second-order valence-electron chi connectivity index (χ2n) is 6.08. The van der Waals surface area contributed by atoms with Crippen molar-refractivity contribution in [1.82, 2.24) is 10.2 Å². The fourth-order valence-electron chi connectivity index (χ4n) is 2.97. The molecule has 3 amide bonds. The van der Waals surface area contributed by atoms with Crippen LogP contribution in [0.15, 0.2) is 54.6 Å². The van der Waals surface area contributed by atoms with E-state index in [1.54, 1.807) is 31.2 Å². The second-order valence-corrected chi connectivity index (χ2v) is 6.08. The molecular weight excluding hydrogens is 316 g/mol. The number of benzene rings is 2. The molecule has 0 saturated carbocycles. The summed E-state index contributed by atoms with van der Waals surface area (Å²) in [6.45, 7) is 2.08. The molecule has 3 rings (SSSR count). The van der Waals surface area contributed by atoms with E-state index in [0.29, 0.717) is 17.7 Å². The van der Waals surface area contributed by atoms with Crippen LogP contribution >= 0.6 is 0 Å². The quantitative estimate of drug-likeness (QED) is 0.651. The van der Waals surface area contributed by atoms with Crippen LogP contribution in [-0.2, 0) is 11.2 Å². The Balaban J connectivity index is 1.54. The Morgan fingerprint density at radius 1 is 0.960 bits per heavy atom. The molecule has 2 aromatic carbocycles. The molecule has 0 saturated heterocycles. The van der Waals surface area contributed by atoms with E-state index < -0.39 is 17.9 Å². The third-order valence-corrected chi connectivity index (χ3v) is 4.38. The van der Waals surface area contributed by atoms with Crippen LogP contribution < -0.4 is 5.32 Å². The van der Waals surface area contributed by atoms with Crippen LogP contribution in [-0.4, -0.2) is 35.2 Å². The number of aryl methyl sites for hydroxylation is 1. The third-order valence-electron chi connectivity index (χ3n) is 4.38. The molecule has 1 aliphatic rings. The molecule has 0 radical (unpaired) electrons. The number of rotatable bonds is 6. The van der Waals surface area contributed by atoms with Gasteiger partial charge in [0.1, 0.15) is 6.04 Å². The van der Waals surface area contributed by atoms with E-state index >= 15 is 0 Å². The number of hydrogen-bond donors (Lipinski definition) is 1. The molecule has 0 aliphatic carbocycles. The van der Waals surface area contributed by atoms with Gasteiger partial charge in [-0.3, -0.25) is 19.3 Å². The number of carbonyl (C=O) groups excluding carboxylic acids is 3. The van der Waals surface area contributed by atoms with E-state index in [1.165, 1.54) is 5.56 Å². The van der Waals surface area contributed by atoms with Crippen molar-refractivity contribution < 1.29 is 14.4 Å². The number of hydrogen-bond acceptors (Lipinski definition) is 3. The molecule has 5 nitrogen and oxygen atoms in total. The fraction of sp³-hybridized carbons (Fsp3) is 0.250. The Labute approximate surface area is 146 Å². The van der Waals surface area contributed by atoms with Crippen LogP contribution in [0.3, 0.4) is 0 Å². The average molecular weight is 336 g/mol. The smallest absolute Gasteiger partial charge is 0.262 e. The van der Waals surface area contributed by atoms with E-state index in [4.69, 9.17) is 0 Å². The maximum Gasteiger partial charge on any atom is 0.262 e. The van der Waals surface area contributed by atoms with E-state index in [2.05, 4.69) is 5.32 Å². The number of nitrogens with one attached hydrogen (secondary N) is 1. The molecule has 0 spiro atoms. The minimum atomic E-state index is -0.830. The Kier molecular flexibility index (Phi) is 4.93.